The molecule has 0 bridgehead atoms. The predicted molar refractivity (Wildman–Crippen MR) is 121 cm³/mol. The summed E-state index contributed by atoms with van der Waals surface area (Å²) in [6, 6.07) is 14.6. The number of hydrogen-bond donors (Lipinski definition) is 1. The second-order valence-corrected chi connectivity index (χ2v) is 8.04. The highest BCUT2D eigenvalue weighted by Crippen LogP contribution is 2.37. The van der Waals surface area contributed by atoms with Gasteiger partial charge in [-0.1, -0.05) is 42.5 Å². The molecule has 3 aromatic rings. The summed E-state index contributed by atoms with van der Waals surface area (Å²) in [5.41, 5.74) is 0.826. The molecule has 2 heterocycles. The summed E-state index contributed by atoms with van der Waals surface area (Å²) >= 11 is 0. The smallest absolute Gasteiger partial charge is 0.226 e. The molecule has 2 aromatic carbocycles. The molecule has 0 radical (unpaired) electrons. The number of hydrogen-bond acceptors (Lipinski definition) is 4. The fraction of sp³-hybridized carbons (Fsp3) is 0.320. The minimum Gasteiger partial charge on any atom is -0.488 e. The standard InChI is InChI=1S/C25H27FN4O3/c1-3-30-22(31)15-18(23(30)24-27-13-14-29(24)2)25(32)28-20(17-9-5-4-6-10-17)16-33-21-12-8-7-11-19(21)26/h4-14,18,20,23H,3,15-16H2,1-2H3,(H,28,32)/t18-,20?,23-/m0/s1. The molecule has 33 heavy (non-hydrogen) atoms. The van der Waals surface area contributed by atoms with Crippen molar-refractivity contribution in [3.63, 3.8) is 0 Å². The molecule has 7 nitrogen and oxygen atoms in total. The Morgan fingerprint density at radius 3 is 2.61 bits per heavy atom. The highest BCUT2D eigenvalue weighted by molar-refractivity contribution is 5.90. The number of nitrogens with one attached hydrogen (secondary N) is 1. The van der Waals surface area contributed by atoms with E-state index < -0.39 is 23.8 Å². The average molecular weight is 451 g/mol. The largest absolute Gasteiger partial charge is 0.488 e. The van der Waals surface area contributed by atoms with Gasteiger partial charge in [0, 0.05) is 32.4 Å². The molecule has 1 aliphatic heterocycles. The second kappa shape index (κ2) is 9.85. The van der Waals surface area contributed by atoms with Crippen LogP contribution < -0.4 is 10.1 Å². The number of imidazole rings is 1. The van der Waals surface area contributed by atoms with Crippen LogP contribution in [0.1, 0.15) is 36.8 Å². The number of halogens is 1. The third-order valence-corrected chi connectivity index (χ3v) is 5.99. The van der Waals surface area contributed by atoms with Crippen molar-refractivity contribution in [2.75, 3.05) is 13.2 Å². The van der Waals surface area contributed by atoms with Crippen molar-refractivity contribution < 1.29 is 18.7 Å². The maximum absolute atomic E-state index is 14.1. The first-order chi connectivity index (χ1) is 16.0. The van der Waals surface area contributed by atoms with Gasteiger partial charge in [-0.05, 0) is 24.6 Å². The van der Waals surface area contributed by atoms with Crippen LogP contribution in [0, 0.1) is 11.7 Å². The van der Waals surface area contributed by atoms with E-state index >= 15 is 0 Å². The first kappa shape index (κ1) is 22.5. The van der Waals surface area contributed by atoms with Gasteiger partial charge in [0.1, 0.15) is 18.5 Å². The van der Waals surface area contributed by atoms with E-state index in [-0.39, 0.29) is 30.6 Å². The van der Waals surface area contributed by atoms with Gasteiger partial charge in [-0.25, -0.2) is 9.37 Å². The van der Waals surface area contributed by atoms with Crippen molar-refractivity contribution in [3.05, 3.63) is 84.2 Å². The zero-order valence-electron chi connectivity index (χ0n) is 18.6. The number of rotatable bonds is 8. The Hall–Kier alpha value is -3.68. The van der Waals surface area contributed by atoms with E-state index in [9.17, 15) is 14.0 Å². The molecule has 1 aliphatic rings. The number of benzene rings is 2. The molecular formula is C25H27FN4O3. The monoisotopic (exact) mass is 450 g/mol. The average Bonchev–Trinajstić information content (AvgIpc) is 3.39. The van der Waals surface area contributed by atoms with Crippen LogP contribution in [-0.4, -0.2) is 39.4 Å². The molecule has 0 aliphatic carbocycles. The van der Waals surface area contributed by atoms with Crippen LogP contribution in [-0.2, 0) is 16.6 Å². The van der Waals surface area contributed by atoms with E-state index in [2.05, 4.69) is 10.3 Å². The Morgan fingerprint density at radius 1 is 1.21 bits per heavy atom. The normalized spacial score (nSPS) is 18.9. The first-order valence-electron chi connectivity index (χ1n) is 11.0. The topological polar surface area (TPSA) is 76.5 Å². The molecule has 3 atom stereocenters. The van der Waals surface area contributed by atoms with Gasteiger partial charge in [0.15, 0.2) is 11.6 Å². The van der Waals surface area contributed by atoms with Gasteiger partial charge in [-0.3, -0.25) is 9.59 Å². The van der Waals surface area contributed by atoms with Gasteiger partial charge in [0.2, 0.25) is 11.8 Å². The Kier molecular flexibility index (Phi) is 6.72. The van der Waals surface area contributed by atoms with E-state index in [1.807, 2.05) is 48.9 Å². The molecule has 172 valence electrons. The number of amides is 2. The van der Waals surface area contributed by atoms with E-state index in [4.69, 9.17) is 4.74 Å². The molecule has 0 saturated carbocycles. The number of nitrogens with zero attached hydrogens (tertiary/aromatic N) is 3. The molecule has 1 aromatic heterocycles. The van der Waals surface area contributed by atoms with Gasteiger partial charge < -0.3 is 19.5 Å². The molecule has 0 spiro atoms. The third-order valence-electron chi connectivity index (χ3n) is 5.99. The second-order valence-electron chi connectivity index (χ2n) is 8.04. The van der Waals surface area contributed by atoms with E-state index in [0.717, 1.165) is 5.56 Å². The lowest BCUT2D eigenvalue weighted by Gasteiger charge is -2.28. The number of para-hydroxylation sites is 1. The van der Waals surface area contributed by atoms with Crippen molar-refractivity contribution in [3.8, 4) is 5.75 Å². The maximum atomic E-state index is 14.1. The molecule has 1 fully saturated rings. The van der Waals surface area contributed by atoms with E-state index in [1.165, 1.54) is 6.07 Å². The summed E-state index contributed by atoms with van der Waals surface area (Å²) in [6.45, 7) is 2.42. The summed E-state index contributed by atoms with van der Waals surface area (Å²) in [5.74, 6) is -0.625. The van der Waals surface area contributed by atoms with Gasteiger partial charge >= 0.3 is 0 Å². The van der Waals surface area contributed by atoms with Crippen molar-refractivity contribution in [1.82, 2.24) is 19.8 Å². The van der Waals surface area contributed by atoms with Crippen LogP contribution >= 0.6 is 0 Å². The molecule has 1 saturated heterocycles. The Bertz CT molecular complexity index is 1120. The third kappa shape index (κ3) is 4.74. The minimum atomic E-state index is -0.599. The number of ether oxygens (including phenoxy) is 1. The predicted octanol–water partition coefficient (Wildman–Crippen LogP) is 3.41. The van der Waals surface area contributed by atoms with Crippen LogP contribution in [0.2, 0.25) is 0 Å². The lowest BCUT2D eigenvalue weighted by molar-refractivity contribution is -0.129. The van der Waals surface area contributed by atoms with Crippen molar-refractivity contribution in [2.24, 2.45) is 13.0 Å². The fourth-order valence-corrected chi connectivity index (χ4v) is 4.30. The van der Waals surface area contributed by atoms with Crippen molar-refractivity contribution in [1.29, 1.82) is 0 Å². The van der Waals surface area contributed by atoms with E-state index in [0.29, 0.717) is 12.4 Å². The zero-order chi connectivity index (χ0) is 23.4. The summed E-state index contributed by atoms with van der Waals surface area (Å²) in [7, 11) is 1.85. The van der Waals surface area contributed by atoms with Crippen molar-refractivity contribution in [2.45, 2.75) is 25.4 Å². The number of likely N-dealkylation sites (tertiary alicyclic amines) is 1. The lowest BCUT2D eigenvalue weighted by atomic mass is 9.97. The zero-order valence-corrected chi connectivity index (χ0v) is 18.6. The quantitative estimate of drug-likeness (QED) is 0.571. The number of carbonyl (C=O) groups excluding carboxylic acids is 2. The molecule has 1 N–H and O–H groups in total. The molecular weight excluding hydrogens is 423 g/mol. The van der Waals surface area contributed by atoms with Crippen LogP contribution in [0.3, 0.4) is 0 Å². The Labute approximate surface area is 192 Å². The summed E-state index contributed by atoms with van der Waals surface area (Å²) in [6.07, 6.45) is 3.57. The minimum absolute atomic E-state index is 0.0436. The molecule has 2 amide bonds. The van der Waals surface area contributed by atoms with Gasteiger partial charge in [0.05, 0.1) is 12.0 Å². The lowest BCUT2D eigenvalue weighted by Crippen LogP contribution is -2.40. The number of aryl methyl sites for hydroxylation is 1. The maximum Gasteiger partial charge on any atom is 0.226 e. The van der Waals surface area contributed by atoms with Crippen molar-refractivity contribution >= 4 is 11.8 Å². The SMILES string of the molecule is CCN1C(=O)C[C@H](C(=O)NC(COc2ccccc2F)c2ccccc2)[C@H]1c1nccn1C. The van der Waals surface area contributed by atoms with Crippen LogP contribution in [0.4, 0.5) is 4.39 Å². The Morgan fingerprint density at radius 2 is 1.94 bits per heavy atom. The first-order valence-corrected chi connectivity index (χ1v) is 11.0. The number of aromatic nitrogens is 2. The van der Waals surface area contributed by atoms with E-state index in [1.54, 1.807) is 35.5 Å². The van der Waals surface area contributed by atoms with Gasteiger partial charge in [0.25, 0.3) is 0 Å². The number of carbonyl (C=O) groups is 2. The molecule has 8 heteroatoms. The van der Waals surface area contributed by atoms with Crippen LogP contribution in [0.25, 0.3) is 0 Å². The van der Waals surface area contributed by atoms with Gasteiger partial charge in [-0.2, -0.15) is 0 Å². The van der Waals surface area contributed by atoms with Crippen LogP contribution in [0.5, 0.6) is 5.75 Å². The van der Waals surface area contributed by atoms with Gasteiger partial charge in [-0.15, -0.1) is 0 Å². The highest BCUT2D eigenvalue weighted by Gasteiger charge is 2.46. The molecule has 1 unspecified atom stereocenters. The summed E-state index contributed by atoms with van der Waals surface area (Å²) in [5, 5.41) is 3.04. The Balaban J connectivity index is 1.57. The van der Waals surface area contributed by atoms with Crippen LogP contribution in [0.15, 0.2) is 67.0 Å². The summed E-state index contributed by atoms with van der Waals surface area (Å²) in [4.78, 5) is 32.3. The molecule has 4 rings (SSSR count). The summed E-state index contributed by atoms with van der Waals surface area (Å²) < 4.78 is 21.6. The highest BCUT2D eigenvalue weighted by atomic mass is 19.1. The fourth-order valence-electron chi connectivity index (χ4n) is 4.30.